The molecule has 0 fully saturated rings. The lowest BCUT2D eigenvalue weighted by molar-refractivity contribution is 0.0920. The Hall–Kier alpha value is -1.63. The molecule has 7 nitrogen and oxygen atoms in total. The number of nitrogens with one attached hydrogen (secondary N) is 2. The van der Waals surface area contributed by atoms with Crippen LogP contribution in [0.1, 0.15) is 31.4 Å². The zero-order valence-electron chi connectivity index (χ0n) is 10.5. The van der Waals surface area contributed by atoms with Gasteiger partial charge in [0.2, 0.25) is 11.8 Å². The highest BCUT2D eigenvalue weighted by Crippen LogP contribution is 1.96. The Morgan fingerprint density at radius 2 is 2.18 bits per heavy atom. The van der Waals surface area contributed by atoms with E-state index >= 15 is 0 Å². The summed E-state index contributed by atoms with van der Waals surface area (Å²) < 4.78 is 0. The molecule has 0 radical (unpaired) electrons. The van der Waals surface area contributed by atoms with E-state index in [1.54, 1.807) is 0 Å². The molecule has 1 aromatic rings. The van der Waals surface area contributed by atoms with Crippen molar-refractivity contribution in [1.82, 2.24) is 25.4 Å². The number of nitrogens with zero attached hydrogens (tertiary/aromatic N) is 3. The summed E-state index contributed by atoms with van der Waals surface area (Å²) in [6, 6.07) is 0.0497. The fourth-order valence-corrected chi connectivity index (χ4v) is 1.58. The Kier molecular flexibility index (Phi) is 4.89. The minimum Gasteiger partial charge on any atom is -0.366 e. The van der Waals surface area contributed by atoms with Gasteiger partial charge in [0.25, 0.3) is 5.91 Å². The van der Waals surface area contributed by atoms with E-state index in [0.29, 0.717) is 0 Å². The number of nitrogens with two attached hydrogens (primary N) is 1. The highest BCUT2D eigenvalue weighted by atomic mass is 16.2. The van der Waals surface area contributed by atoms with E-state index in [4.69, 9.17) is 5.73 Å². The van der Waals surface area contributed by atoms with Gasteiger partial charge in [-0.1, -0.05) is 13.8 Å². The molecule has 0 aliphatic heterocycles. The van der Waals surface area contributed by atoms with Crippen LogP contribution in [0.15, 0.2) is 0 Å². The van der Waals surface area contributed by atoms with Gasteiger partial charge in [0.15, 0.2) is 0 Å². The van der Waals surface area contributed by atoms with Crippen molar-refractivity contribution in [2.45, 2.75) is 26.8 Å². The van der Waals surface area contributed by atoms with E-state index in [-0.39, 0.29) is 23.7 Å². The summed E-state index contributed by atoms with van der Waals surface area (Å²) in [6.45, 7) is 8.88. The van der Waals surface area contributed by atoms with Crippen molar-refractivity contribution in [2.75, 3.05) is 25.4 Å². The van der Waals surface area contributed by atoms with Gasteiger partial charge in [0.1, 0.15) is 0 Å². The molecule has 0 saturated carbocycles. The fraction of sp³-hybridized carbons (Fsp3) is 0.700. The average Bonchev–Trinajstić information content (AvgIpc) is 2.72. The van der Waals surface area contributed by atoms with Crippen LogP contribution in [0.4, 0.5) is 5.95 Å². The van der Waals surface area contributed by atoms with Crippen LogP contribution in [0.3, 0.4) is 0 Å². The molecule has 17 heavy (non-hydrogen) atoms. The van der Waals surface area contributed by atoms with Crippen molar-refractivity contribution in [3.05, 3.63) is 5.82 Å². The van der Waals surface area contributed by atoms with Gasteiger partial charge in [-0.05, 0) is 20.0 Å². The van der Waals surface area contributed by atoms with E-state index in [1.165, 1.54) is 0 Å². The van der Waals surface area contributed by atoms with E-state index in [9.17, 15) is 4.79 Å². The van der Waals surface area contributed by atoms with Crippen LogP contribution in [0, 0.1) is 0 Å². The molecule has 1 heterocycles. The first-order chi connectivity index (χ1) is 8.06. The molecule has 1 amide bonds. The maximum atomic E-state index is 11.7. The topological polar surface area (TPSA) is 99.9 Å². The summed E-state index contributed by atoms with van der Waals surface area (Å²) in [5, 5.41) is 8.93. The van der Waals surface area contributed by atoms with Crippen LogP contribution in [0.25, 0.3) is 0 Å². The van der Waals surface area contributed by atoms with Crippen molar-refractivity contribution in [3.63, 3.8) is 0 Å². The number of nitrogen functional groups attached to an aromatic ring is 1. The van der Waals surface area contributed by atoms with Crippen LogP contribution in [-0.4, -0.2) is 51.7 Å². The summed E-state index contributed by atoms with van der Waals surface area (Å²) in [4.78, 5) is 17.7. The van der Waals surface area contributed by atoms with Crippen molar-refractivity contribution in [1.29, 1.82) is 0 Å². The predicted molar refractivity (Wildman–Crippen MR) is 65.5 cm³/mol. The number of hydrogen-bond acceptors (Lipinski definition) is 5. The van der Waals surface area contributed by atoms with E-state index in [0.717, 1.165) is 19.6 Å². The van der Waals surface area contributed by atoms with Gasteiger partial charge in [0.05, 0.1) is 0 Å². The highest BCUT2D eigenvalue weighted by molar-refractivity contribution is 5.90. The van der Waals surface area contributed by atoms with Gasteiger partial charge in [-0.2, -0.15) is 4.98 Å². The molecule has 1 unspecified atom stereocenters. The zero-order chi connectivity index (χ0) is 12.8. The number of aromatic amines is 1. The second kappa shape index (κ2) is 6.19. The Balaban J connectivity index is 2.45. The number of anilines is 1. The molecule has 0 spiro atoms. The lowest BCUT2D eigenvalue weighted by Gasteiger charge is -2.22. The molecule has 0 aliphatic rings. The normalized spacial score (nSPS) is 12.7. The quantitative estimate of drug-likeness (QED) is 0.642. The number of H-pyrrole nitrogens is 1. The van der Waals surface area contributed by atoms with Crippen LogP contribution in [0.5, 0.6) is 0 Å². The Bertz CT molecular complexity index is 359. The minimum absolute atomic E-state index is 0.0497. The summed E-state index contributed by atoms with van der Waals surface area (Å²) in [6.07, 6.45) is 0. The molecule has 1 aromatic heterocycles. The van der Waals surface area contributed by atoms with Crippen molar-refractivity contribution in [3.8, 4) is 0 Å². The number of carbonyl (C=O) groups excluding carboxylic acids is 1. The highest BCUT2D eigenvalue weighted by Gasteiger charge is 2.14. The second-order valence-electron chi connectivity index (χ2n) is 3.90. The molecule has 96 valence electrons. The summed E-state index contributed by atoms with van der Waals surface area (Å²) >= 11 is 0. The second-order valence-corrected chi connectivity index (χ2v) is 3.90. The number of rotatable bonds is 6. The van der Waals surface area contributed by atoms with Crippen LogP contribution in [0.2, 0.25) is 0 Å². The number of likely N-dealkylation sites (N-methyl/N-ethyl adjacent to an activating group) is 1. The third kappa shape index (κ3) is 4.03. The number of carbonyl (C=O) groups is 1. The Morgan fingerprint density at radius 1 is 1.53 bits per heavy atom. The lowest BCUT2D eigenvalue weighted by Crippen LogP contribution is -2.42. The monoisotopic (exact) mass is 240 g/mol. The molecule has 0 aliphatic carbocycles. The molecular weight excluding hydrogens is 220 g/mol. The molecule has 0 aromatic carbocycles. The zero-order valence-corrected chi connectivity index (χ0v) is 10.5. The first-order valence-electron chi connectivity index (χ1n) is 5.77. The Labute approximate surface area is 101 Å². The number of amides is 1. The molecule has 0 saturated heterocycles. The third-order valence-corrected chi connectivity index (χ3v) is 2.52. The van der Waals surface area contributed by atoms with Gasteiger partial charge >= 0.3 is 0 Å². The Morgan fingerprint density at radius 3 is 2.65 bits per heavy atom. The van der Waals surface area contributed by atoms with Gasteiger partial charge in [-0.25, -0.2) is 0 Å². The maximum Gasteiger partial charge on any atom is 0.288 e. The molecular formula is C10H20N6O. The summed E-state index contributed by atoms with van der Waals surface area (Å²) in [7, 11) is 0. The van der Waals surface area contributed by atoms with Crippen molar-refractivity contribution >= 4 is 11.9 Å². The fourth-order valence-electron chi connectivity index (χ4n) is 1.58. The van der Waals surface area contributed by atoms with Gasteiger partial charge in [0, 0.05) is 12.6 Å². The van der Waals surface area contributed by atoms with Crippen LogP contribution < -0.4 is 11.1 Å². The molecule has 1 atom stereocenters. The number of aromatic nitrogens is 3. The molecule has 7 heteroatoms. The number of hydrogen-bond donors (Lipinski definition) is 3. The molecule has 1 rings (SSSR count). The average molecular weight is 240 g/mol. The maximum absolute atomic E-state index is 11.7. The first kappa shape index (κ1) is 13.4. The van der Waals surface area contributed by atoms with E-state index in [2.05, 4.69) is 39.2 Å². The minimum atomic E-state index is -0.283. The predicted octanol–water partition coefficient (Wildman–Crippen LogP) is -0.153. The molecule has 4 N–H and O–H groups in total. The first-order valence-corrected chi connectivity index (χ1v) is 5.77. The van der Waals surface area contributed by atoms with E-state index in [1.807, 2.05) is 6.92 Å². The lowest BCUT2D eigenvalue weighted by atomic mass is 10.3. The largest absolute Gasteiger partial charge is 0.366 e. The summed E-state index contributed by atoms with van der Waals surface area (Å²) in [5.74, 6) is -0.0608. The van der Waals surface area contributed by atoms with E-state index < -0.39 is 0 Å². The van der Waals surface area contributed by atoms with Crippen LogP contribution in [-0.2, 0) is 0 Å². The third-order valence-electron chi connectivity index (χ3n) is 2.52. The SMILES string of the molecule is CCN(CC)CC(C)NC(=O)c1nc(N)n[nH]1. The molecule has 0 bridgehead atoms. The summed E-state index contributed by atoms with van der Waals surface area (Å²) in [5.41, 5.74) is 5.33. The van der Waals surface area contributed by atoms with Crippen LogP contribution >= 0.6 is 0 Å². The van der Waals surface area contributed by atoms with Gasteiger partial charge in [-0.15, -0.1) is 5.10 Å². The van der Waals surface area contributed by atoms with Gasteiger partial charge < -0.3 is 16.0 Å². The van der Waals surface area contributed by atoms with Gasteiger partial charge in [-0.3, -0.25) is 9.89 Å². The standard InChI is InChI=1S/C10H20N6O/c1-4-16(5-2)6-7(3)12-9(17)8-13-10(11)15-14-8/h7H,4-6H2,1-3H3,(H,12,17)(H3,11,13,14,15). The van der Waals surface area contributed by atoms with Crippen molar-refractivity contribution < 1.29 is 4.79 Å². The van der Waals surface area contributed by atoms with Crippen molar-refractivity contribution in [2.24, 2.45) is 0 Å². The smallest absolute Gasteiger partial charge is 0.288 e.